The molecule has 0 saturated heterocycles. The number of fused-ring (bicyclic) bond motifs is 1. The summed E-state index contributed by atoms with van der Waals surface area (Å²) >= 11 is 1.10. The number of nitrogens with zero attached hydrogens (tertiary/aromatic N) is 2. The Labute approximate surface area is 100 Å². The SMILES string of the molecule is O=[N+]([O-])c1nc2ccccc2s1.[Na+]. The summed E-state index contributed by atoms with van der Waals surface area (Å²) in [6.07, 6.45) is 0. The van der Waals surface area contributed by atoms with Crippen molar-refractivity contribution in [2.24, 2.45) is 0 Å². The van der Waals surface area contributed by atoms with Crippen molar-refractivity contribution in [3.05, 3.63) is 34.4 Å². The summed E-state index contributed by atoms with van der Waals surface area (Å²) in [6, 6.07) is 7.23. The van der Waals surface area contributed by atoms with Crippen molar-refractivity contribution in [1.29, 1.82) is 0 Å². The Kier molecular flexibility index (Phi) is 3.38. The fourth-order valence-electron chi connectivity index (χ4n) is 0.938. The molecule has 0 spiro atoms. The standard InChI is InChI=1S/C7H4N2O2S.Na/c10-9(11)7-8-5-3-1-2-4-6(5)12-7;/h1-4H;/q;+1. The van der Waals surface area contributed by atoms with Gasteiger partial charge in [-0.05, 0) is 33.4 Å². The van der Waals surface area contributed by atoms with Gasteiger partial charge in [-0.2, -0.15) is 0 Å². The molecule has 0 saturated carbocycles. The minimum atomic E-state index is -0.468. The van der Waals surface area contributed by atoms with E-state index in [9.17, 15) is 10.1 Å². The molecule has 2 aromatic rings. The molecule has 0 atom stereocenters. The molecule has 2 rings (SSSR count). The quantitative estimate of drug-likeness (QED) is 0.346. The zero-order valence-corrected chi connectivity index (χ0v) is 9.75. The number of rotatable bonds is 1. The van der Waals surface area contributed by atoms with E-state index in [1.807, 2.05) is 18.2 Å². The van der Waals surface area contributed by atoms with E-state index in [-0.39, 0.29) is 34.7 Å². The number of hydrogen-bond donors (Lipinski definition) is 0. The van der Waals surface area contributed by atoms with Crippen LogP contribution < -0.4 is 29.6 Å². The molecular weight excluding hydrogens is 199 g/mol. The van der Waals surface area contributed by atoms with Crippen molar-refractivity contribution in [2.75, 3.05) is 0 Å². The first-order valence-corrected chi connectivity index (χ1v) is 4.09. The Balaban J connectivity index is 0.000000845. The summed E-state index contributed by atoms with van der Waals surface area (Å²) in [5.74, 6) is 0. The van der Waals surface area contributed by atoms with Gasteiger partial charge in [0.1, 0.15) is 0 Å². The molecule has 0 aliphatic heterocycles. The van der Waals surface area contributed by atoms with Crippen LogP contribution in [0.5, 0.6) is 0 Å². The van der Waals surface area contributed by atoms with Crippen molar-refractivity contribution < 1.29 is 34.5 Å². The minimum absolute atomic E-state index is 0. The van der Waals surface area contributed by atoms with Crippen LogP contribution in [-0.2, 0) is 0 Å². The second-order valence-corrected chi connectivity index (χ2v) is 3.23. The van der Waals surface area contributed by atoms with Crippen molar-refractivity contribution in [1.82, 2.24) is 4.98 Å². The van der Waals surface area contributed by atoms with Crippen LogP contribution in [0.15, 0.2) is 24.3 Å². The first-order valence-electron chi connectivity index (χ1n) is 3.27. The zero-order valence-electron chi connectivity index (χ0n) is 6.93. The molecule has 0 N–H and O–H groups in total. The third-order valence-corrected chi connectivity index (χ3v) is 2.43. The fourth-order valence-corrected chi connectivity index (χ4v) is 1.72. The van der Waals surface area contributed by atoms with Gasteiger partial charge in [0, 0.05) is 0 Å². The molecule has 0 unspecified atom stereocenters. The van der Waals surface area contributed by atoms with Crippen molar-refractivity contribution in [2.45, 2.75) is 0 Å². The molecule has 0 aliphatic rings. The summed E-state index contributed by atoms with van der Waals surface area (Å²) in [4.78, 5) is 13.7. The Morgan fingerprint density at radius 2 is 2.08 bits per heavy atom. The molecule has 6 heteroatoms. The Bertz CT molecular complexity index is 410. The summed E-state index contributed by atoms with van der Waals surface area (Å²) in [5.41, 5.74) is 0.689. The molecule has 1 heterocycles. The van der Waals surface area contributed by atoms with Crippen LogP contribution in [0.4, 0.5) is 5.13 Å². The number of thiazole rings is 1. The van der Waals surface area contributed by atoms with Gasteiger partial charge < -0.3 is 10.1 Å². The smallest absolute Gasteiger partial charge is 0.357 e. The Morgan fingerprint density at radius 3 is 2.69 bits per heavy atom. The van der Waals surface area contributed by atoms with Gasteiger partial charge in [-0.1, -0.05) is 12.1 Å². The normalized spacial score (nSPS) is 9.54. The van der Waals surface area contributed by atoms with E-state index in [0.717, 1.165) is 16.0 Å². The molecule has 0 aliphatic carbocycles. The third kappa shape index (κ3) is 2.05. The molecule has 0 radical (unpaired) electrons. The second-order valence-electron chi connectivity index (χ2n) is 2.22. The van der Waals surface area contributed by atoms with Crippen LogP contribution in [0.2, 0.25) is 0 Å². The average Bonchev–Trinajstić information content (AvgIpc) is 2.46. The second kappa shape index (κ2) is 4.15. The largest absolute Gasteiger partial charge is 1.00 e. The maximum absolute atomic E-state index is 10.3. The van der Waals surface area contributed by atoms with E-state index in [1.165, 1.54) is 0 Å². The molecular formula is C7H4N2NaO2S+. The summed E-state index contributed by atoms with van der Waals surface area (Å²) < 4.78 is 0.851. The fraction of sp³-hybridized carbons (Fsp3) is 0. The summed E-state index contributed by atoms with van der Waals surface area (Å²) in [7, 11) is 0. The van der Waals surface area contributed by atoms with Crippen LogP contribution in [0.25, 0.3) is 10.2 Å². The van der Waals surface area contributed by atoms with Gasteiger partial charge in [0.25, 0.3) is 0 Å². The Hall–Kier alpha value is -0.490. The van der Waals surface area contributed by atoms with Crippen LogP contribution in [0.1, 0.15) is 0 Å². The molecule has 60 valence electrons. The van der Waals surface area contributed by atoms with Gasteiger partial charge in [-0.25, -0.2) is 0 Å². The Morgan fingerprint density at radius 1 is 1.38 bits per heavy atom. The van der Waals surface area contributed by atoms with Gasteiger partial charge in [0.15, 0.2) is 5.52 Å². The number of nitro groups is 1. The van der Waals surface area contributed by atoms with Crippen LogP contribution >= 0.6 is 11.3 Å². The summed E-state index contributed by atoms with van der Waals surface area (Å²) in [5, 5.41) is 10.3. The molecule has 0 fully saturated rings. The number of para-hydroxylation sites is 1. The van der Waals surface area contributed by atoms with Crippen molar-refractivity contribution >= 4 is 26.7 Å². The van der Waals surface area contributed by atoms with Crippen LogP contribution in [0.3, 0.4) is 0 Å². The van der Waals surface area contributed by atoms with Gasteiger partial charge in [0.2, 0.25) is 0 Å². The summed E-state index contributed by atoms with van der Waals surface area (Å²) in [6.45, 7) is 0. The molecule has 0 amide bonds. The van der Waals surface area contributed by atoms with Crippen LogP contribution in [-0.4, -0.2) is 9.91 Å². The van der Waals surface area contributed by atoms with E-state index in [2.05, 4.69) is 4.98 Å². The predicted molar refractivity (Wildman–Crippen MR) is 46.3 cm³/mol. The molecule has 1 aromatic heterocycles. The first-order chi connectivity index (χ1) is 5.77. The van der Waals surface area contributed by atoms with E-state index >= 15 is 0 Å². The average molecular weight is 203 g/mol. The van der Waals surface area contributed by atoms with E-state index < -0.39 is 4.92 Å². The zero-order chi connectivity index (χ0) is 8.55. The van der Waals surface area contributed by atoms with Crippen molar-refractivity contribution in [3.63, 3.8) is 0 Å². The molecule has 4 nitrogen and oxygen atoms in total. The van der Waals surface area contributed by atoms with E-state index in [0.29, 0.717) is 5.52 Å². The monoisotopic (exact) mass is 203 g/mol. The van der Waals surface area contributed by atoms with Gasteiger partial charge in [0.05, 0.1) is 4.70 Å². The van der Waals surface area contributed by atoms with Crippen molar-refractivity contribution in [3.8, 4) is 0 Å². The third-order valence-electron chi connectivity index (χ3n) is 1.44. The molecule has 13 heavy (non-hydrogen) atoms. The van der Waals surface area contributed by atoms with Gasteiger partial charge in [-0.15, -0.1) is 0 Å². The van der Waals surface area contributed by atoms with E-state index in [4.69, 9.17) is 0 Å². The molecule has 1 aromatic carbocycles. The predicted octanol–water partition coefficient (Wildman–Crippen LogP) is -0.792. The number of benzene rings is 1. The van der Waals surface area contributed by atoms with E-state index in [1.54, 1.807) is 6.07 Å². The van der Waals surface area contributed by atoms with Gasteiger partial charge in [-0.3, -0.25) is 0 Å². The van der Waals surface area contributed by atoms with Crippen LogP contribution in [0, 0.1) is 10.1 Å². The maximum Gasteiger partial charge on any atom is 1.00 e. The first kappa shape index (κ1) is 10.6. The maximum atomic E-state index is 10.3. The van der Waals surface area contributed by atoms with Gasteiger partial charge >= 0.3 is 34.7 Å². The minimum Gasteiger partial charge on any atom is -0.357 e. The topological polar surface area (TPSA) is 56.0 Å². The number of aromatic nitrogens is 1. The molecule has 0 bridgehead atoms. The number of hydrogen-bond acceptors (Lipinski definition) is 4.